The maximum absolute atomic E-state index is 9.44. The van der Waals surface area contributed by atoms with Crippen molar-refractivity contribution in [1.82, 2.24) is 9.97 Å². The van der Waals surface area contributed by atoms with E-state index < -0.39 is 10.8 Å². The van der Waals surface area contributed by atoms with Crippen LogP contribution in [-0.4, -0.2) is 32.4 Å². The minimum atomic E-state index is -1.29. The molecule has 0 aliphatic carbocycles. The standard InChI is InChI=1S/C7H11N3.C2H2Cl2O2/c1-2-4-8-7-9-5-3-6-10-7;3-1(4)2(5)6/h3,5-6H,2,4H2,1H3,(H,8,9,10);1H,(H,5,6). The van der Waals surface area contributed by atoms with Gasteiger partial charge in [-0.05, 0) is 12.5 Å². The number of halogens is 2. The zero-order valence-corrected chi connectivity index (χ0v) is 10.2. The number of nitrogens with zero attached hydrogens (tertiary/aromatic N) is 2. The Kier molecular flexibility index (Phi) is 8.56. The first-order valence-corrected chi connectivity index (χ1v) is 5.47. The van der Waals surface area contributed by atoms with Crippen LogP contribution >= 0.6 is 23.2 Å². The molecule has 5 nitrogen and oxygen atoms in total. The Labute approximate surface area is 104 Å². The summed E-state index contributed by atoms with van der Waals surface area (Å²) in [6, 6.07) is 1.80. The Morgan fingerprint density at radius 3 is 2.38 bits per heavy atom. The molecule has 90 valence electrons. The van der Waals surface area contributed by atoms with Crippen LogP contribution in [-0.2, 0) is 4.79 Å². The third-order valence-corrected chi connectivity index (χ3v) is 1.66. The number of hydrogen-bond donors (Lipinski definition) is 2. The van der Waals surface area contributed by atoms with E-state index in [1.165, 1.54) is 0 Å². The summed E-state index contributed by atoms with van der Waals surface area (Å²) >= 11 is 9.56. The summed E-state index contributed by atoms with van der Waals surface area (Å²) in [4.78, 5) is 16.1. The van der Waals surface area contributed by atoms with E-state index in [-0.39, 0.29) is 0 Å². The number of alkyl halides is 2. The first kappa shape index (κ1) is 14.9. The van der Waals surface area contributed by atoms with Gasteiger partial charge in [-0.2, -0.15) is 0 Å². The predicted molar refractivity (Wildman–Crippen MR) is 63.9 cm³/mol. The maximum atomic E-state index is 9.44. The summed E-state index contributed by atoms with van der Waals surface area (Å²) in [6.07, 6.45) is 4.55. The van der Waals surface area contributed by atoms with E-state index in [2.05, 4.69) is 22.2 Å². The van der Waals surface area contributed by atoms with E-state index in [1.54, 1.807) is 18.5 Å². The molecule has 0 bridgehead atoms. The van der Waals surface area contributed by atoms with Gasteiger partial charge in [0.25, 0.3) is 0 Å². The Bertz CT molecular complexity index is 296. The zero-order valence-electron chi connectivity index (χ0n) is 8.73. The van der Waals surface area contributed by atoms with Crippen molar-refractivity contribution in [3.05, 3.63) is 18.5 Å². The van der Waals surface area contributed by atoms with Crippen molar-refractivity contribution in [3.8, 4) is 0 Å². The van der Waals surface area contributed by atoms with Crippen LogP contribution in [0.15, 0.2) is 18.5 Å². The van der Waals surface area contributed by atoms with Gasteiger partial charge in [0.05, 0.1) is 0 Å². The number of carbonyl (C=O) groups is 1. The molecular weight excluding hydrogens is 253 g/mol. The topological polar surface area (TPSA) is 75.1 Å². The van der Waals surface area contributed by atoms with Crippen molar-refractivity contribution in [1.29, 1.82) is 0 Å². The fourth-order valence-electron chi connectivity index (χ4n) is 0.627. The Morgan fingerprint density at radius 2 is 2.00 bits per heavy atom. The number of carboxylic acids is 1. The minimum Gasteiger partial charge on any atom is -0.479 e. The monoisotopic (exact) mass is 265 g/mol. The van der Waals surface area contributed by atoms with Crippen LogP contribution in [0.1, 0.15) is 13.3 Å². The first-order chi connectivity index (χ1) is 7.57. The van der Waals surface area contributed by atoms with E-state index in [0.29, 0.717) is 5.95 Å². The van der Waals surface area contributed by atoms with E-state index >= 15 is 0 Å². The first-order valence-electron chi connectivity index (χ1n) is 4.59. The van der Waals surface area contributed by atoms with Gasteiger partial charge in [-0.15, -0.1) is 0 Å². The summed E-state index contributed by atoms with van der Waals surface area (Å²) in [5.74, 6) is -0.498. The van der Waals surface area contributed by atoms with Crippen LogP contribution in [0.4, 0.5) is 5.95 Å². The van der Waals surface area contributed by atoms with Gasteiger partial charge in [-0.3, -0.25) is 0 Å². The van der Waals surface area contributed by atoms with Gasteiger partial charge in [-0.25, -0.2) is 14.8 Å². The average Bonchev–Trinajstić information content (AvgIpc) is 2.28. The molecule has 0 unspecified atom stereocenters. The van der Waals surface area contributed by atoms with Crippen LogP contribution < -0.4 is 5.32 Å². The molecule has 0 saturated heterocycles. The highest BCUT2D eigenvalue weighted by Crippen LogP contribution is 1.98. The van der Waals surface area contributed by atoms with Crippen LogP contribution in [0, 0.1) is 0 Å². The number of carboxylic acid groups (broad SMARTS) is 1. The lowest BCUT2D eigenvalue weighted by Gasteiger charge is -1.99. The SMILES string of the molecule is CCCNc1ncccn1.O=C(O)C(Cl)Cl. The highest BCUT2D eigenvalue weighted by Gasteiger charge is 2.05. The number of aliphatic carboxylic acids is 1. The van der Waals surface area contributed by atoms with E-state index in [1.807, 2.05) is 0 Å². The molecule has 0 aliphatic heterocycles. The van der Waals surface area contributed by atoms with Crippen molar-refractivity contribution in [3.63, 3.8) is 0 Å². The van der Waals surface area contributed by atoms with Crippen LogP contribution in [0.5, 0.6) is 0 Å². The third-order valence-electron chi connectivity index (χ3n) is 1.29. The smallest absolute Gasteiger partial charge is 0.337 e. The fourth-order valence-corrected chi connectivity index (χ4v) is 0.627. The molecule has 16 heavy (non-hydrogen) atoms. The van der Waals surface area contributed by atoms with Crippen molar-refractivity contribution >= 4 is 35.1 Å². The van der Waals surface area contributed by atoms with Gasteiger partial charge in [0, 0.05) is 18.9 Å². The van der Waals surface area contributed by atoms with Crippen LogP contribution in [0.2, 0.25) is 0 Å². The van der Waals surface area contributed by atoms with Crippen LogP contribution in [0.25, 0.3) is 0 Å². The summed E-state index contributed by atoms with van der Waals surface area (Å²) in [5, 5.41) is 10.8. The van der Waals surface area contributed by atoms with Gasteiger partial charge in [0.1, 0.15) is 0 Å². The number of aromatic nitrogens is 2. The second-order valence-corrected chi connectivity index (χ2v) is 3.73. The van der Waals surface area contributed by atoms with Crippen molar-refractivity contribution in [2.75, 3.05) is 11.9 Å². The summed E-state index contributed by atoms with van der Waals surface area (Å²) < 4.78 is 0. The maximum Gasteiger partial charge on any atom is 0.337 e. The van der Waals surface area contributed by atoms with Gasteiger partial charge < -0.3 is 10.4 Å². The van der Waals surface area contributed by atoms with Gasteiger partial charge in [0.15, 0.2) is 0 Å². The Morgan fingerprint density at radius 1 is 1.50 bits per heavy atom. The average molecular weight is 266 g/mol. The number of rotatable bonds is 4. The lowest BCUT2D eigenvalue weighted by atomic mass is 10.5. The molecule has 1 aromatic rings. The van der Waals surface area contributed by atoms with Gasteiger partial charge in [0.2, 0.25) is 10.8 Å². The lowest BCUT2D eigenvalue weighted by Crippen LogP contribution is -2.03. The molecule has 2 N–H and O–H groups in total. The molecule has 0 amide bonds. The molecule has 0 radical (unpaired) electrons. The molecule has 0 atom stereocenters. The van der Waals surface area contributed by atoms with Crippen molar-refractivity contribution in [2.24, 2.45) is 0 Å². The van der Waals surface area contributed by atoms with Crippen LogP contribution in [0.3, 0.4) is 0 Å². The highest BCUT2D eigenvalue weighted by atomic mass is 35.5. The molecule has 0 fully saturated rings. The second-order valence-electron chi connectivity index (χ2n) is 2.64. The fraction of sp³-hybridized carbons (Fsp3) is 0.444. The molecule has 0 aromatic carbocycles. The van der Waals surface area contributed by atoms with Crippen molar-refractivity contribution < 1.29 is 9.90 Å². The molecule has 0 saturated carbocycles. The summed E-state index contributed by atoms with van der Waals surface area (Å²) in [6.45, 7) is 3.04. The predicted octanol–water partition coefficient (Wildman–Crippen LogP) is 2.17. The molecule has 1 heterocycles. The number of anilines is 1. The van der Waals surface area contributed by atoms with Gasteiger partial charge in [-0.1, -0.05) is 30.1 Å². The highest BCUT2D eigenvalue weighted by molar-refractivity contribution is 6.52. The molecule has 0 spiro atoms. The Hall–Kier alpha value is -1.07. The van der Waals surface area contributed by atoms with E-state index in [4.69, 9.17) is 28.3 Å². The summed E-state index contributed by atoms with van der Waals surface area (Å²) in [5.41, 5.74) is 0. The molecule has 1 aromatic heterocycles. The molecule has 0 aliphatic rings. The largest absolute Gasteiger partial charge is 0.479 e. The summed E-state index contributed by atoms with van der Waals surface area (Å²) in [7, 11) is 0. The van der Waals surface area contributed by atoms with E-state index in [9.17, 15) is 4.79 Å². The van der Waals surface area contributed by atoms with Gasteiger partial charge >= 0.3 is 5.97 Å². The normalized spacial score (nSPS) is 9.25. The molecule has 1 rings (SSSR count). The minimum absolute atomic E-state index is 0.712. The number of hydrogen-bond acceptors (Lipinski definition) is 4. The number of nitrogens with one attached hydrogen (secondary N) is 1. The third kappa shape index (κ3) is 8.26. The quantitative estimate of drug-likeness (QED) is 0.817. The second kappa shape index (κ2) is 9.18. The zero-order chi connectivity index (χ0) is 12.4. The van der Waals surface area contributed by atoms with Crippen molar-refractivity contribution in [2.45, 2.75) is 18.2 Å². The Balaban J connectivity index is 0.000000325. The molecule has 7 heteroatoms. The molecular formula is C9H13Cl2N3O2. The lowest BCUT2D eigenvalue weighted by molar-refractivity contribution is -0.135. The van der Waals surface area contributed by atoms with E-state index in [0.717, 1.165) is 13.0 Å².